The number of nitrogens with two attached hydrogens (primary N) is 1. The first-order valence-electron chi connectivity index (χ1n) is 6.37. The van der Waals surface area contributed by atoms with E-state index in [2.05, 4.69) is 34.7 Å². The zero-order valence-electron chi connectivity index (χ0n) is 11.4. The number of benzene rings is 1. The standard InChI is InChI=1S/C14H21BrFN3/c1-10(2)8-19(6-5-14(17)18)9-11-3-4-13(16)12(15)7-11/h3-4,7,10H,5-6,8-9H2,1-2H3,(H3,17,18). The van der Waals surface area contributed by atoms with Gasteiger partial charge in [-0.2, -0.15) is 0 Å². The number of nitrogens with one attached hydrogen (secondary N) is 1. The Bertz CT molecular complexity index is 435. The predicted molar refractivity (Wildman–Crippen MR) is 80.7 cm³/mol. The summed E-state index contributed by atoms with van der Waals surface area (Å²) in [5.41, 5.74) is 6.46. The summed E-state index contributed by atoms with van der Waals surface area (Å²) in [7, 11) is 0. The van der Waals surface area contributed by atoms with E-state index in [1.807, 2.05) is 0 Å². The SMILES string of the molecule is CC(C)CN(CCC(=N)N)Cc1ccc(F)c(Br)c1. The van der Waals surface area contributed by atoms with E-state index < -0.39 is 0 Å². The molecule has 0 heterocycles. The molecular weight excluding hydrogens is 309 g/mol. The van der Waals surface area contributed by atoms with Crippen LogP contribution in [0.2, 0.25) is 0 Å². The lowest BCUT2D eigenvalue weighted by Gasteiger charge is -2.24. The molecule has 0 atom stereocenters. The van der Waals surface area contributed by atoms with Gasteiger partial charge >= 0.3 is 0 Å². The minimum atomic E-state index is -0.247. The highest BCUT2D eigenvalue weighted by atomic mass is 79.9. The highest BCUT2D eigenvalue weighted by molar-refractivity contribution is 9.10. The minimum Gasteiger partial charge on any atom is -0.388 e. The molecule has 5 heteroatoms. The minimum absolute atomic E-state index is 0.203. The van der Waals surface area contributed by atoms with Gasteiger partial charge in [0.1, 0.15) is 5.82 Å². The zero-order valence-corrected chi connectivity index (χ0v) is 13.0. The molecule has 0 amide bonds. The molecule has 1 aromatic carbocycles. The Morgan fingerprint density at radius 3 is 2.68 bits per heavy atom. The van der Waals surface area contributed by atoms with Crippen LogP contribution in [0.25, 0.3) is 0 Å². The first-order valence-corrected chi connectivity index (χ1v) is 7.17. The lowest BCUT2D eigenvalue weighted by atomic mass is 10.1. The van der Waals surface area contributed by atoms with Crippen LogP contribution >= 0.6 is 15.9 Å². The zero-order chi connectivity index (χ0) is 14.4. The molecule has 0 aliphatic heterocycles. The summed E-state index contributed by atoms with van der Waals surface area (Å²) in [6.45, 7) is 6.73. The van der Waals surface area contributed by atoms with E-state index in [9.17, 15) is 4.39 Å². The van der Waals surface area contributed by atoms with Crippen LogP contribution in [0.5, 0.6) is 0 Å². The molecule has 0 aliphatic rings. The van der Waals surface area contributed by atoms with Crippen LogP contribution in [0.4, 0.5) is 4.39 Å². The molecule has 0 radical (unpaired) electrons. The number of hydrogen-bond acceptors (Lipinski definition) is 2. The number of halogens is 2. The van der Waals surface area contributed by atoms with Gasteiger partial charge in [-0.25, -0.2) is 4.39 Å². The summed E-state index contributed by atoms with van der Waals surface area (Å²) < 4.78 is 13.7. The molecule has 0 saturated heterocycles. The molecule has 0 bridgehead atoms. The van der Waals surface area contributed by atoms with Gasteiger partial charge in [0.05, 0.1) is 10.3 Å². The summed E-state index contributed by atoms with van der Waals surface area (Å²) in [4.78, 5) is 2.24. The molecule has 3 nitrogen and oxygen atoms in total. The molecule has 3 N–H and O–H groups in total. The molecule has 1 aromatic rings. The maximum atomic E-state index is 13.2. The van der Waals surface area contributed by atoms with Gasteiger partial charge in [-0.3, -0.25) is 10.3 Å². The van der Waals surface area contributed by atoms with Crippen molar-refractivity contribution < 1.29 is 4.39 Å². The predicted octanol–water partition coefficient (Wildman–Crippen LogP) is 3.37. The van der Waals surface area contributed by atoms with E-state index in [4.69, 9.17) is 11.1 Å². The first-order chi connectivity index (χ1) is 8.88. The van der Waals surface area contributed by atoms with Crippen LogP contribution in [-0.2, 0) is 6.54 Å². The van der Waals surface area contributed by atoms with Gasteiger partial charge < -0.3 is 5.73 Å². The maximum Gasteiger partial charge on any atom is 0.137 e. The van der Waals surface area contributed by atoms with Gasteiger partial charge in [0, 0.05) is 26.1 Å². The smallest absolute Gasteiger partial charge is 0.137 e. The monoisotopic (exact) mass is 329 g/mol. The molecule has 106 valence electrons. The van der Waals surface area contributed by atoms with Gasteiger partial charge in [0.15, 0.2) is 0 Å². The second-order valence-electron chi connectivity index (χ2n) is 5.15. The number of nitrogens with zero attached hydrogens (tertiary/aromatic N) is 1. The van der Waals surface area contributed by atoms with Gasteiger partial charge in [0.25, 0.3) is 0 Å². The molecule has 0 unspecified atom stereocenters. The summed E-state index contributed by atoms with van der Waals surface area (Å²) in [6.07, 6.45) is 0.565. The Morgan fingerprint density at radius 1 is 1.47 bits per heavy atom. The van der Waals surface area contributed by atoms with Crippen LogP contribution < -0.4 is 5.73 Å². The quantitative estimate of drug-likeness (QED) is 0.595. The van der Waals surface area contributed by atoms with E-state index in [1.165, 1.54) is 6.07 Å². The van der Waals surface area contributed by atoms with Crippen LogP contribution in [0.1, 0.15) is 25.8 Å². The van der Waals surface area contributed by atoms with Crippen molar-refractivity contribution >= 4 is 21.8 Å². The molecule has 0 aromatic heterocycles. The Morgan fingerprint density at radius 2 is 2.16 bits per heavy atom. The Labute approximate surface area is 122 Å². The van der Waals surface area contributed by atoms with Crippen molar-refractivity contribution in [3.05, 3.63) is 34.1 Å². The van der Waals surface area contributed by atoms with Crippen molar-refractivity contribution in [3.8, 4) is 0 Å². The maximum absolute atomic E-state index is 13.2. The van der Waals surface area contributed by atoms with Crippen molar-refractivity contribution in [2.24, 2.45) is 11.7 Å². The molecule has 19 heavy (non-hydrogen) atoms. The summed E-state index contributed by atoms with van der Waals surface area (Å²) in [5.74, 6) is 0.493. The molecule has 0 fully saturated rings. The number of rotatable bonds is 7. The number of amidine groups is 1. The van der Waals surface area contributed by atoms with E-state index >= 15 is 0 Å². The normalized spacial score (nSPS) is 11.3. The molecule has 0 spiro atoms. The van der Waals surface area contributed by atoms with Crippen LogP contribution in [-0.4, -0.2) is 23.8 Å². The van der Waals surface area contributed by atoms with Crippen molar-refractivity contribution in [2.75, 3.05) is 13.1 Å². The fourth-order valence-electron chi connectivity index (χ4n) is 1.93. The molecule has 1 rings (SSSR count). The molecule has 0 aliphatic carbocycles. The van der Waals surface area contributed by atoms with E-state index in [1.54, 1.807) is 12.1 Å². The fraction of sp³-hybridized carbons (Fsp3) is 0.500. The van der Waals surface area contributed by atoms with Crippen molar-refractivity contribution in [1.29, 1.82) is 5.41 Å². The topological polar surface area (TPSA) is 53.1 Å². The van der Waals surface area contributed by atoms with Crippen LogP contribution in [0.15, 0.2) is 22.7 Å². The van der Waals surface area contributed by atoms with Gasteiger partial charge in [-0.05, 0) is 39.5 Å². The summed E-state index contributed by atoms with van der Waals surface area (Å²) >= 11 is 3.20. The Hall–Kier alpha value is -0.940. The van der Waals surface area contributed by atoms with Crippen LogP contribution in [0.3, 0.4) is 0 Å². The molecular formula is C14H21BrFN3. The highest BCUT2D eigenvalue weighted by Gasteiger charge is 2.10. The van der Waals surface area contributed by atoms with E-state index in [0.29, 0.717) is 16.8 Å². The second kappa shape index (κ2) is 7.60. The lowest BCUT2D eigenvalue weighted by molar-refractivity contribution is 0.242. The lowest BCUT2D eigenvalue weighted by Crippen LogP contribution is -2.30. The van der Waals surface area contributed by atoms with Gasteiger partial charge in [-0.15, -0.1) is 0 Å². The number of hydrogen-bond donors (Lipinski definition) is 2. The largest absolute Gasteiger partial charge is 0.388 e. The highest BCUT2D eigenvalue weighted by Crippen LogP contribution is 2.18. The average Bonchev–Trinajstić information content (AvgIpc) is 2.30. The van der Waals surface area contributed by atoms with E-state index in [-0.39, 0.29) is 11.7 Å². The van der Waals surface area contributed by atoms with E-state index in [0.717, 1.165) is 25.2 Å². The average molecular weight is 330 g/mol. The Kier molecular flexibility index (Phi) is 6.45. The third-order valence-corrected chi connectivity index (χ3v) is 3.32. The first kappa shape index (κ1) is 16.1. The molecule has 0 saturated carbocycles. The summed E-state index contributed by atoms with van der Waals surface area (Å²) in [6, 6.07) is 5.07. The fourth-order valence-corrected chi connectivity index (χ4v) is 2.35. The van der Waals surface area contributed by atoms with Crippen molar-refractivity contribution in [3.63, 3.8) is 0 Å². The van der Waals surface area contributed by atoms with Crippen molar-refractivity contribution in [2.45, 2.75) is 26.8 Å². The van der Waals surface area contributed by atoms with Crippen LogP contribution in [0, 0.1) is 17.1 Å². The van der Waals surface area contributed by atoms with Gasteiger partial charge in [-0.1, -0.05) is 19.9 Å². The third kappa shape index (κ3) is 6.16. The van der Waals surface area contributed by atoms with Crippen molar-refractivity contribution in [1.82, 2.24) is 4.90 Å². The third-order valence-electron chi connectivity index (χ3n) is 2.71. The second-order valence-corrected chi connectivity index (χ2v) is 6.01. The summed E-state index contributed by atoms with van der Waals surface area (Å²) in [5, 5.41) is 7.31. The van der Waals surface area contributed by atoms with Gasteiger partial charge in [0.2, 0.25) is 0 Å². The Balaban J connectivity index is 2.69.